The van der Waals surface area contributed by atoms with E-state index in [4.69, 9.17) is 4.74 Å². The lowest BCUT2D eigenvalue weighted by molar-refractivity contribution is 0.0727. The Kier molecular flexibility index (Phi) is 5.52. The van der Waals surface area contributed by atoms with Crippen molar-refractivity contribution in [2.75, 3.05) is 37.4 Å². The second kappa shape index (κ2) is 6.97. The quantitative estimate of drug-likeness (QED) is 0.621. The largest absolute Gasteiger partial charge is 0.389 e. The molecule has 0 bridgehead atoms. The predicted octanol–water partition coefficient (Wildman–Crippen LogP) is 0.328. The van der Waals surface area contributed by atoms with Gasteiger partial charge in [0.25, 0.3) is 0 Å². The standard InChI is InChI=1S/C10H18N4O2/c1-3-11-9-4-10(14-7-13-9)12-5-8(15)6-16-2/h4,7-8,15H,3,5-6H2,1-2H3,(H2,11,12,13,14). The first kappa shape index (κ1) is 12.7. The summed E-state index contributed by atoms with van der Waals surface area (Å²) in [6.45, 7) is 3.51. The van der Waals surface area contributed by atoms with E-state index in [9.17, 15) is 5.11 Å². The van der Waals surface area contributed by atoms with E-state index in [2.05, 4.69) is 20.6 Å². The topological polar surface area (TPSA) is 79.3 Å². The van der Waals surface area contributed by atoms with Crippen molar-refractivity contribution >= 4 is 11.6 Å². The van der Waals surface area contributed by atoms with Crippen molar-refractivity contribution in [3.8, 4) is 0 Å². The Morgan fingerprint density at radius 2 is 2.06 bits per heavy atom. The molecule has 1 rings (SSSR count). The summed E-state index contributed by atoms with van der Waals surface area (Å²) >= 11 is 0. The molecule has 0 aliphatic carbocycles. The monoisotopic (exact) mass is 226 g/mol. The molecule has 0 radical (unpaired) electrons. The molecule has 1 aromatic rings. The molecule has 0 saturated heterocycles. The van der Waals surface area contributed by atoms with Gasteiger partial charge in [-0.1, -0.05) is 0 Å². The van der Waals surface area contributed by atoms with Crippen LogP contribution < -0.4 is 10.6 Å². The van der Waals surface area contributed by atoms with Crippen molar-refractivity contribution in [3.63, 3.8) is 0 Å². The third-order valence-corrected chi connectivity index (χ3v) is 1.90. The number of aliphatic hydroxyl groups excluding tert-OH is 1. The Balaban J connectivity index is 2.44. The maximum absolute atomic E-state index is 9.44. The normalized spacial score (nSPS) is 12.2. The molecule has 0 saturated carbocycles. The summed E-state index contributed by atoms with van der Waals surface area (Å²) in [5.41, 5.74) is 0. The van der Waals surface area contributed by atoms with Crippen LogP contribution in [-0.4, -0.2) is 48.0 Å². The second-order valence-electron chi connectivity index (χ2n) is 3.31. The third kappa shape index (κ3) is 4.41. The van der Waals surface area contributed by atoms with Crippen LogP contribution in [0.25, 0.3) is 0 Å². The van der Waals surface area contributed by atoms with Crippen LogP contribution >= 0.6 is 0 Å². The highest BCUT2D eigenvalue weighted by Crippen LogP contribution is 2.07. The highest BCUT2D eigenvalue weighted by molar-refractivity contribution is 5.46. The summed E-state index contributed by atoms with van der Waals surface area (Å²) in [6, 6.07) is 1.79. The van der Waals surface area contributed by atoms with Crippen molar-refractivity contribution in [1.82, 2.24) is 9.97 Å². The number of ether oxygens (including phenoxy) is 1. The van der Waals surface area contributed by atoms with Gasteiger partial charge in [0.15, 0.2) is 0 Å². The van der Waals surface area contributed by atoms with Crippen molar-refractivity contribution < 1.29 is 9.84 Å². The first-order chi connectivity index (χ1) is 7.76. The number of aliphatic hydroxyl groups is 1. The molecule has 0 aliphatic rings. The number of hydrogen-bond donors (Lipinski definition) is 3. The van der Waals surface area contributed by atoms with E-state index in [-0.39, 0.29) is 0 Å². The van der Waals surface area contributed by atoms with Gasteiger partial charge in [0.05, 0.1) is 12.7 Å². The van der Waals surface area contributed by atoms with Gasteiger partial charge >= 0.3 is 0 Å². The minimum atomic E-state index is -0.539. The van der Waals surface area contributed by atoms with Gasteiger partial charge in [0, 0.05) is 26.3 Å². The Labute approximate surface area is 95.1 Å². The van der Waals surface area contributed by atoms with Crippen LogP contribution in [0.15, 0.2) is 12.4 Å². The van der Waals surface area contributed by atoms with Crippen LogP contribution in [0.5, 0.6) is 0 Å². The van der Waals surface area contributed by atoms with Gasteiger partial charge in [-0.25, -0.2) is 9.97 Å². The Hall–Kier alpha value is -1.40. The van der Waals surface area contributed by atoms with Crippen molar-refractivity contribution in [2.45, 2.75) is 13.0 Å². The van der Waals surface area contributed by atoms with E-state index in [1.165, 1.54) is 6.33 Å². The molecule has 0 aliphatic heterocycles. The fourth-order valence-corrected chi connectivity index (χ4v) is 1.21. The van der Waals surface area contributed by atoms with E-state index in [1.807, 2.05) is 6.92 Å². The minimum absolute atomic E-state index is 0.304. The zero-order valence-electron chi connectivity index (χ0n) is 9.60. The summed E-state index contributed by atoms with van der Waals surface area (Å²) in [5.74, 6) is 1.45. The van der Waals surface area contributed by atoms with Gasteiger partial charge in [-0.2, -0.15) is 0 Å². The van der Waals surface area contributed by atoms with E-state index >= 15 is 0 Å². The molecule has 1 aromatic heterocycles. The lowest BCUT2D eigenvalue weighted by Crippen LogP contribution is -2.24. The van der Waals surface area contributed by atoms with Gasteiger partial charge in [0.2, 0.25) is 0 Å². The summed E-state index contributed by atoms with van der Waals surface area (Å²) in [5, 5.41) is 15.5. The zero-order valence-corrected chi connectivity index (χ0v) is 9.60. The number of rotatable bonds is 7. The maximum atomic E-state index is 9.44. The van der Waals surface area contributed by atoms with Crippen LogP contribution in [0, 0.1) is 0 Å². The molecule has 16 heavy (non-hydrogen) atoms. The molecule has 6 nitrogen and oxygen atoms in total. The van der Waals surface area contributed by atoms with Gasteiger partial charge < -0.3 is 20.5 Å². The summed E-state index contributed by atoms with van der Waals surface area (Å²) < 4.78 is 4.82. The summed E-state index contributed by atoms with van der Waals surface area (Å²) in [4.78, 5) is 8.08. The van der Waals surface area contributed by atoms with E-state index in [1.54, 1.807) is 13.2 Å². The van der Waals surface area contributed by atoms with Crippen LogP contribution in [0.1, 0.15) is 6.92 Å². The molecular formula is C10H18N4O2. The molecular weight excluding hydrogens is 208 g/mol. The minimum Gasteiger partial charge on any atom is -0.389 e. The van der Waals surface area contributed by atoms with Crippen LogP contribution in [-0.2, 0) is 4.74 Å². The fraction of sp³-hybridized carbons (Fsp3) is 0.600. The average molecular weight is 226 g/mol. The Morgan fingerprint density at radius 3 is 2.69 bits per heavy atom. The number of anilines is 2. The average Bonchev–Trinajstić information content (AvgIpc) is 2.28. The van der Waals surface area contributed by atoms with Gasteiger partial charge in [-0.15, -0.1) is 0 Å². The van der Waals surface area contributed by atoms with Crippen molar-refractivity contribution in [3.05, 3.63) is 12.4 Å². The van der Waals surface area contributed by atoms with Crippen LogP contribution in [0.3, 0.4) is 0 Å². The highest BCUT2D eigenvalue weighted by Gasteiger charge is 2.03. The van der Waals surface area contributed by atoms with Gasteiger partial charge in [-0.05, 0) is 6.92 Å². The summed E-state index contributed by atoms with van der Waals surface area (Å²) in [6.07, 6.45) is 0.936. The van der Waals surface area contributed by atoms with Crippen molar-refractivity contribution in [1.29, 1.82) is 0 Å². The molecule has 1 unspecified atom stereocenters. The molecule has 90 valence electrons. The predicted molar refractivity (Wildman–Crippen MR) is 62.6 cm³/mol. The van der Waals surface area contributed by atoms with Gasteiger partial charge in [-0.3, -0.25) is 0 Å². The molecule has 0 aromatic carbocycles. The lowest BCUT2D eigenvalue weighted by Gasteiger charge is -2.11. The number of hydrogen-bond acceptors (Lipinski definition) is 6. The number of aromatic nitrogens is 2. The molecule has 0 spiro atoms. The fourth-order valence-electron chi connectivity index (χ4n) is 1.21. The summed E-state index contributed by atoms with van der Waals surface area (Å²) in [7, 11) is 1.55. The third-order valence-electron chi connectivity index (χ3n) is 1.90. The van der Waals surface area contributed by atoms with Crippen LogP contribution in [0.4, 0.5) is 11.6 Å². The second-order valence-corrected chi connectivity index (χ2v) is 3.31. The van der Waals surface area contributed by atoms with E-state index < -0.39 is 6.10 Å². The van der Waals surface area contributed by atoms with Crippen molar-refractivity contribution in [2.24, 2.45) is 0 Å². The number of methoxy groups -OCH3 is 1. The van der Waals surface area contributed by atoms with E-state index in [0.717, 1.165) is 12.4 Å². The highest BCUT2D eigenvalue weighted by atomic mass is 16.5. The molecule has 1 heterocycles. The number of nitrogens with one attached hydrogen (secondary N) is 2. The first-order valence-electron chi connectivity index (χ1n) is 5.23. The Bertz CT molecular complexity index is 309. The molecule has 0 fully saturated rings. The molecule has 0 amide bonds. The van der Waals surface area contributed by atoms with E-state index in [0.29, 0.717) is 19.0 Å². The molecule has 3 N–H and O–H groups in total. The maximum Gasteiger partial charge on any atom is 0.131 e. The zero-order chi connectivity index (χ0) is 11.8. The molecule has 6 heteroatoms. The lowest BCUT2D eigenvalue weighted by atomic mass is 10.3. The Morgan fingerprint density at radius 1 is 1.38 bits per heavy atom. The SMILES string of the molecule is CCNc1cc(NCC(O)COC)ncn1. The van der Waals surface area contributed by atoms with Crippen LogP contribution in [0.2, 0.25) is 0 Å². The molecule has 1 atom stereocenters. The smallest absolute Gasteiger partial charge is 0.131 e. The van der Waals surface area contributed by atoms with Gasteiger partial charge in [0.1, 0.15) is 18.0 Å². The first-order valence-corrected chi connectivity index (χ1v) is 5.23. The number of nitrogens with zero attached hydrogens (tertiary/aromatic N) is 2.